The molecule has 0 bridgehead atoms. The van der Waals surface area contributed by atoms with Crippen molar-refractivity contribution in [3.05, 3.63) is 47.3 Å². The van der Waals surface area contributed by atoms with Crippen molar-refractivity contribution >= 4 is 17.5 Å². The summed E-state index contributed by atoms with van der Waals surface area (Å²) >= 11 is 0. The molecule has 0 unspecified atom stereocenters. The van der Waals surface area contributed by atoms with Crippen molar-refractivity contribution in [3.8, 4) is 0 Å². The van der Waals surface area contributed by atoms with Crippen LogP contribution in [0, 0.1) is 13.8 Å². The molecule has 6 heteroatoms. The second-order valence-corrected chi connectivity index (χ2v) is 6.32. The van der Waals surface area contributed by atoms with Gasteiger partial charge in [-0.3, -0.25) is 9.59 Å². The van der Waals surface area contributed by atoms with Crippen molar-refractivity contribution in [1.82, 2.24) is 10.1 Å². The smallest absolute Gasteiger partial charge is 0.246 e. The highest BCUT2D eigenvalue weighted by Gasteiger charge is 2.33. The number of carbonyl (C=O) groups is 2. The van der Waals surface area contributed by atoms with Crippen LogP contribution >= 0.6 is 0 Å². The minimum Gasteiger partial charge on any atom is -0.361 e. The van der Waals surface area contributed by atoms with E-state index in [4.69, 9.17) is 4.52 Å². The molecule has 1 saturated heterocycles. The lowest BCUT2D eigenvalue weighted by Gasteiger charge is -2.39. The molecule has 1 aromatic heterocycles. The molecule has 0 aliphatic carbocycles. The highest BCUT2D eigenvalue weighted by Crippen LogP contribution is 2.21. The zero-order valence-corrected chi connectivity index (χ0v) is 14.2. The third kappa shape index (κ3) is 3.32. The summed E-state index contributed by atoms with van der Waals surface area (Å²) < 4.78 is 5.10. The summed E-state index contributed by atoms with van der Waals surface area (Å²) in [6.07, 6.45) is 0.128. The first-order valence-corrected chi connectivity index (χ1v) is 8.03. The van der Waals surface area contributed by atoms with Crippen LogP contribution in [0.3, 0.4) is 0 Å². The average Bonchev–Trinajstić information content (AvgIpc) is 2.95. The Hall–Kier alpha value is -2.63. The minimum atomic E-state index is -0.115. The van der Waals surface area contributed by atoms with Crippen LogP contribution in [-0.2, 0) is 16.0 Å². The number of nitrogens with zero attached hydrogens (tertiary/aromatic N) is 3. The van der Waals surface area contributed by atoms with Gasteiger partial charge < -0.3 is 14.3 Å². The molecule has 2 amide bonds. The molecule has 2 heterocycles. The lowest BCUT2D eigenvalue weighted by Crippen LogP contribution is -2.57. The van der Waals surface area contributed by atoms with E-state index in [1.807, 2.05) is 45.0 Å². The monoisotopic (exact) mass is 327 g/mol. The van der Waals surface area contributed by atoms with Gasteiger partial charge in [-0.15, -0.1) is 0 Å². The third-order valence-electron chi connectivity index (χ3n) is 4.25. The van der Waals surface area contributed by atoms with Crippen molar-refractivity contribution < 1.29 is 14.1 Å². The van der Waals surface area contributed by atoms with Gasteiger partial charge in [-0.2, -0.15) is 0 Å². The number of anilines is 1. The number of aryl methyl sites for hydroxylation is 2. The summed E-state index contributed by atoms with van der Waals surface area (Å²) in [5.41, 5.74) is 2.76. The van der Waals surface area contributed by atoms with Crippen LogP contribution in [-0.4, -0.2) is 41.0 Å². The van der Waals surface area contributed by atoms with E-state index in [2.05, 4.69) is 5.16 Å². The predicted octanol–water partition coefficient (Wildman–Crippen LogP) is 2.10. The molecule has 0 saturated carbocycles. The SMILES string of the molecule is Cc1ccc(N2C[C@H](C)N(C(=O)Cc3cc(C)no3)CC2=O)cc1. The maximum absolute atomic E-state index is 12.5. The number of aromatic nitrogens is 1. The van der Waals surface area contributed by atoms with Crippen LogP contribution < -0.4 is 4.90 Å². The number of benzene rings is 1. The second kappa shape index (κ2) is 6.47. The molecule has 0 N–H and O–H groups in total. The normalized spacial score (nSPS) is 18.1. The highest BCUT2D eigenvalue weighted by molar-refractivity contribution is 5.98. The van der Waals surface area contributed by atoms with E-state index in [0.29, 0.717) is 12.3 Å². The summed E-state index contributed by atoms with van der Waals surface area (Å²) in [5.74, 6) is 0.340. The highest BCUT2D eigenvalue weighted by atomic mass is 16.5. The van der Waals surface area contributed by atoms with Crippen LogP contribution in [0.1, 0.15) is 23.9 Å². The van der Waals surface area contributed by atoms with Crippen LogP contribution in [0.25, 0.3) is 0 Å². The van der Waals surface area contributed by atoms with Gasteiger partial charge in [0.05, 0.1) is 12.1 Å². The number of hydrogen-bond donors (Lipinski definition) is 0. The number of carbonyl (C=O) groups excluding carboxylic acids is 2. The Morgan fingerprint density at radius 2 is 2.00 bits per heavy atom. The quantitative estimate of drug-likeness (QED) is 0.866. The minimum absolute atomic E-state index is 0.0551. The van der Waals surface area contributed by atoms with E-state index in [9.17, 15) is 9.59 Å². The Kier molecular flexibility index (Phi) is 4.38. The first-order valence-electron chi connectivity index (χ1n) is 8.03. The molecule has 6 nitrogen and oxygen atoms in total. The zero-order chi connectivity index (χ0) is 17.3. The van der Waals surface area contributed by atoms with Gasteiger partial charge in [-0.1, -0.05) is 22.9 Å². The molecule has 0 spiro atoms. The topological polar surface area (TPSA) is 66.7 Å². The molecule has 2 aromatic rings. The second-order valence-electron chi connectivity index (χ2n) is 6.32. The summed E-state index contributed by atoms with van der Waals surface area (Å²) in [6, 6.07) is 9.53. The summed E-state index contributed by atoms with van der Waals surface area (Å²) in [4.78, 5) is 28.3. The standard InChI is InChI=1S/C18H21N3O3/c1-12-4-6-15(7-5-12)21-10-14(3)20(11-18(21)23)17(22)9-16-8-13(2)19-24-16/h4-8,14H,9-11H2,1-3H3/t14-/m0/s1. The van der Waals surface area contributed by atoms with Gasteiger partial charge in [0.15, 0.2) is 0 Å². The molecule has 1 fully saturated rings. The number of piperazine rings is 1. The fourth-order valence-electron chi connectivity index (χ4n) is 2.91. The van der Waals surface area contributed by atoms with Gasteiger partial charge in [0.1, 0.15) is 12.3 Å². The molecule has 126 valence electrons. The van der Waals surface area contributed by atoms with Gasteiger partial charge in [-0.05, 0) is 32.9 Å². The van der Waals surface area contributed by atoms with Gasteiger partial charge in [0, 0.05) is 24.3 Å². The maximum Gasteiger partial charge on any atom is 0.246 e. The molecule has 24 heavy (non-hydrogen) atoms. The molecule has 1 atom stereocenters. The largest absolute Gasteiger partial charge is 0.361 e. The van der Waals surface area contributed by atoms with Gasteiger partial charge in [0.2, 0.25) is 11.8 Å². The Bertz CT molecular complexity index is 751. The summed E-state index contributed by atoms with van der Waals surface area (Å²) in [5, 5.41) is 3.79. The van der Waals surface area contributed by atoms with E-state index >= 15 is 0 Å². The molecule has 1 aliphatic heterocycles. The predicted molar refractivity (Wildman–Crippen MR) is 89.7 cm³/mol. The molecular formula is C18H21N3O3. The average molecular weight is 327 g/mol. The van der Waals surface area contributed by atoms with Crippen molar-refractivity contribution in [2.45, 2.75) is 33.2 Å². The van der Waals surface area contributed by atoms with Crippen LogP contribution in [0.2, 0.25) is 0 Å². The number of hydrogen-bond acceptors (Lipinski definition) is 4. The Morgan fingerprint density at radius 3 is 2.62 bits per heavy atom. The van der Waals surface area contributed by atoms with Crippen molar-refractivity contribution in [3.63, 3.8) is 0 Å². The van der Waals surface area contributed by atoms with E-state index in [1.165, 1.54) is 0 Å². The molecule has 1 aliphatic rings. The van der Waals surface area contributed by atoms with E-state index in [1.54, 1.807) is 15.9 Å². The van der Waals surface area contributed by atoms with Gasteiger partial charge in [-0.25, -0.2) is 0 Å². The van der Waals surface area contributed by atoms with Crippen LogP contribution in [0.15, 0.2) is 34.9 Å². The van der Waals surface area contributed by atoms with Gasteiger partial charge >= 0.3 is 0 Å². The fraction of sp³-hybridized carbons (Fsp3) is 0.389. The fourth-order valence-corrected chi connectivity index (χ4v) is 2.91. The Balaban J connectivity index is 1.69. The lowest BCUT2D eigenvalue weighted by atomic mass is 10.1. The maximum atomic E-state index is 12.5. The molecular weight excluding hydrogens is 306 g/mol. The lowest BCUT2D eigenvalue weighted by molar-refractivity contribution is -0.139. The van der Waals surface area contributed by atoms with E-state index in [0.717, 1.165) is 16.9 Å². The van der Waals surface area contributed by atoms with E-state index < -0.39 is 0 Å². The van der Waals surface area contributed by atoms with Gasteiger partial charge in [0.25, 0.3) is 0 Å². The summed E-state index contributed by atoms with van der Waals surface area (Å²) in [7, 11) is 0. The molecule has 1 aromatic carbocycles. The van der Waals surface area contributed by atoms with Crippen molar-refractivity contribution in [1.29, 1.82) is 0 Å². The number of rotatable bonds is 3. The van der Waals surface area contributed by atoms with E-state index in [-0.39, 0.29) is 30.8 Å². The Morgan fingerprint density at radius 1 is 1.29 bits per heavy atom. The van der Waals surface area contributed by atoms with Crippen LogP contribution in [0.4, 0.5) is 5.69 Å². The number of amides is 2. The van der Waals surface area contributed by atoms with Crippen molar-refractivity contribution in [2.24, 2.45) is 0 Å². The first kappa shape index (κ1) is 16.2. The molecule has 0 radical (unpaired) electrons. The van der Waals surface area contributed by atoms with Crippen molar-refractivity contribution in [2.75, 3.05) is 18.0 Å². The van der Waals surface area contributed by atoms with Crippen LogP contribution in [0.5, 0.6) is 0 Å². The first-order chi connectivity index (χ1) is 11.4. The Labute approximate surface area is 141 Å². The third-order valence-corrected chi connectivity index (χ3v) is 4.25. The zero-order valence-electron chi connectivity index (χ0n) is 14.2. The summed E-state index contributed by atoms with van der Waals surface area (Å²) in [6.45, 7) is 6.35. The molecule has 3 rings (SSSR count).